The average molecular weight is 456 g/mol. The number of nitrogens with zero attached hydrogens (tertiary/aromatic N) is 4. The SMILES string of the molecule is CC[C@@H](Nc1nc(Nc2cncc(-n3cc(C)cn3)c2)c(C(N)=O)cc1F)[C@H](C)NC(=O)O. The van der Waals surface area contributed by atoms with E-state index < -0.39 is 29.9 Å². The quantitative estimate of drug-likeness (QED) is 0.328. The van der Waals surface area contributed by atoms with Gasteiger partial charge in [0.1, 0.15) is 5.82 Å². The lowest BCUT2D eigenvalue weighted by Gasteiger charge is -2.25. The number of halogens is 1. The van der Waals surface area contributed by atoms with E-state index in [1.807, 2.05) is 20.0 Å². The number of carbonyl (C=O) groups excluding carboxylic acids is 1. The Kier molecular flexibility index (Phi) is 7.06. The number of nitrogens with one attached hydrogen (secondary N) is 3. The molecule has 0 spiro atoms. The first-order chi connectivity index (χ1) is 15.7. The summed E-state index contributed by atoms with van der Waals surface area (Å²) >= 11 is 0. The monoisotopic (exact) mass is 456 g/mol. The van der Waals surface area contributed by atoms with Gasteiger partial charge in [-0.1, -0.05) is 6.92 Å². The van der Waals surface area contributed by atoms with Crippen LogP contribution in [0.25, 0.3) is 5.69 Å². The standard InChI is InChI=1S/C21H25FN8O3/c1-4-17(12(3)26-21(32)33)28-20-16(22)6-15(18(23)31)19(29-20)27-13-5-14(9-24-8-13)30-10-11(2)7-25-30/h5-10,12,17,26H,4H2,1-3H3,(H2,23,31)(H,32,33)(H2,27,28,29)/t12-,17+/m0/s1. The van der Waals surface area contributed by atoms with E-state index in [1.54, 1.807) is 30.1 Å². The highest BCUT2D eigenvalue weighted by Crippen LogP contribution is 2.25. The Bertz CT molecular complexity index is 1170. The number of aromatic nitrogens is 4. The molecule has 0 aliphatic carbocycles. The molecule has 12 heteroatoms. The molecule has 3 aromatic rings. The van der Waals surface area contributed by atoms with Crippen LogP contribution in [0.1, 0.15) is 36.2 Å². The molecule has 0 aliphatic rings. The van der Waals surface area contributed by atoms with Crippen LogP contribution >= 0.6 is 0 Å². The largest absolute Gasteiger partial charge is 0.465 e. The third kappa shape index (κ3) is 5.73. The van der Waals surface area contributed by atoms with Gasteiger partial charge in [-0.05, 0) is 38.0 Å². The molecule has 2 atom stereocenters. The summed E-state index contributed by atoms with van der Waals surface area (Å²) in [6, 6.07) is 1.73. The van der Waals surface area contributed by atoms with Crippen molar-refractivity contribution < 1.29 is 19.1 Å². The summed E-state index contributed by atoms with van der Waals surface area (Å²) in [7, 11) is 0. The number of amides is 2. The topological polar surface area (TPSA) is 160 Å². The first-order valence-corrected chi connectivity index (χ1v) is 10.2. The average Bonchev–Trinajstić information content (AvgIpc) is 3.19. The van der Waals surface area contributed by atoms with Crippen molar-refractivity contribution in [2.24, 2.45) is 5.73 Å². The Morgan fingerprint density at radius 2 is 2.00 bits per heavy atom. The molecule has 0 radical (unpaired) electrons. The van der Waals surface area contributed by atoms with Gasteiger partial charge < -0.3 is 26.8 Å². The van der Waals surface area contributed by atoms with Crippen LogP contribution in [0.15, 0.2) is 36.9 Å². The maximum atomic E-state index is 14.7. The predicted octanol–water partition coefficient (Wildman–Crippen LogP) is 2.80. The number of anilines is 3. The van der Waals surface area contributed by atoms with E-state index in [-0.39, 0.29) is 17.2 Å². The van der Waals surface area contributed by atoms with Crippen LogP contribution in [-0.4, -0.2) is 48.9 Å². The Balaban J connectivity index is 1.93. The predicted molar refractivity (Wildman–Crippen MR) is 120 cm³/mol. The fraction of sp³-hybridized carbons (Fsp3) is 0.286. The number of aryl methyl sites for hydroxylation is 1. The molecular formula is C21H25FN8O3. The van der Waals surface area contributed by atoms with Gasteiger partial charge in [-0.25, -0.2) is 18.9 Å². The maximum absolute atomic E-state index is 14.7. The highest BCUT2D eigenvalue weighted by Gasteiger charge is 2.22. The van der Waals surface area contributed by atoms with E-state index in [1.165, 1.54) is 6.20 Å². The second kappa shape index (κ2) is 9.94. The van der Waals surface area contributed by atoms with E-state index in [0.29, 0.717) is 17.8 Å². The van der Waals surface area contributed by atoms with Crippen LogP contribution in [0, 0.1) is 12.7 Å². The van der Waals surface area contributed by atoms with E-state index >= 15 is 0 Å². The van der Waals surface area contributed by atoms with Gasteiger partial charge >= 0.3 is 6.09 Å². The molecule has 0 fully saturated rings. The molecule has 33 heavy (non-hydrogen) atoms. The summed E-state index contributed by atoms with van der Waals surface area (Å²) in [5, 5.41) is 21.4. The van der Waals surface area contributed by atoms with Gasteiger partial charge in [-0.2, -0.15) is 5.10 Å². The Hall–Kier alpha value is -4.22. The highest BCUT2D eigenvalue weighted by molar-refractivity contribution is 5.98. The molecule has 2 amide bonds. The zero-order valence-corrected chi connectivity index (χ0v) is 18.3. The molecule has 0 aliphatic heterocycles. The number of hydrogen-bond acceptors (Lipinski definition) is 7. The summed E-state index contributed by atoms with van der Waals surface area (Å²) in [4.78, 5) is 31.3. The van der Waals surface area contributed by atoms with E-state index in [0.717, 1.165) is 11.6 Å². The lowest BCUT2D eigenvalue weighted by atomic mass is 10.1. The lowest BCUT2D eigenvalue weighted by molar-refractivity contribution is 0.100. The van der Waals surface area contributed by atoms with E-state index in [4.69, 9.17) is 10.8 Å². The van der Waals surface area contributed by atoms with Crippen LogP contribution in [0.2, 0.25) is 0 Å². The van der Waals surface area contributed by atoms with Gasteiger partial charge in [0.25, 0.3) is 5.91 Å². The minimum atomic E-state index is -1.19. The van der Waals surface area contributed by atoms with Gasteiger partial charge in [0.05, 0.1) is 35.5 Å². The van der Waals surface area contributed by atoms with Crippen LogP contribution in [0.3, 0.4) is 0 Å². The third-order valence-corrected chi connectivity index (χ3v) is 4.92. The lowest BCUT2D eigenvalue weighted by Crippen LogP contribution is -2.44. The normalized spacial score (nSPS) is 12.6. The van der Waals surface area contributed by atoms with Crippen molar-refractivity contribution >= 4 is 29.3 Å². The fourth-order valence-corrected chi connectivity index (χ4v) is 3.24. The molecule has 0 saturated carbocycles. The van der Waals surface area contributed by atoms with Crippen LogP contribution in [-0.2, 0) is 0 Å². The molecule has 0 unspecified atom stereocenters. The minimum absolute atomic E-state index is 0.0238. The molecular weight excluding hydrogens is 431 g/mol. The van der Waals surface area contributed by atoms with Gasteiger partial charge in [-0.3, -0.25) is 9.78 Å². The van der Waals surface area contributed by atoms with Gasteiger partial charge in [0, 0.05) is 18.3 Å². The van der Waals surface area contributed by atoms with Crippen LogP contribution in [0.5, 0.6) is 0 Å². The van der Waals surface area contributed by atoms with Crippen molar-refractivity contribution in [1.82, 2.24) is 25.1 Å². The minimum Gasteiger partial charge on any atom is -0.465 e. The number of hydrogen-bond donors (Lipinski definition) is 5. The second-order valence-electron chi connectivity index (χ2n) is 7.50. The number of carboxylic acid groups (broad SMARTS) is 1. The summed E-state index contributed by atoms with van der Waals surface area (Å²) in [5.74, 6) is -1.79. The van der Waals surface area contributed by atoms with Crippen LogP contribution in [0.4, 0.5) is 26.5 Å². The molecule has 6 N–H and O–H groups in total. The van der Waals surface area contributed by atoms with E-state index in [9.17, 15) is 14.0 Å². The molecule has 0 aromatic carbocycles. The molecule has 11 nitrogen and oxygen atoms in total. The Morgan fingerprint density at radius 3 is 2.61 bits per heavy atom. The summed E-state index contributed by atoms with van der Waals surface area (Å²) in [5.41, 5.74) is 7.38. The molecule has 0 saturated heterocycles. The molecule has 174 valence electrons. The third-order valence-electron chi connectivity index (χ3n) is 4.92. The fourth-order valence-electron chi connectivity index (χ4n) is 3.24. The summed E-state index contributed by atoms with van der Waals surface area (Å²) in [6.45, 7) is 5.38. The van der Waals surface area contributed by atoms with Crippen molar-refractivity contribution in [3.63, 3.8) is 0 Å². The summed E-state index contributed by atoms with van der Waals surface area (Å²) < 4.78 is 16.4. The number of pyridine rings is 2. The number of carbonyl (C=O) groups is 2. The molecule has 3 rings (SSSR count). The van der Waals surface area contributed by atoms with E-state index in [2.05, 4.69) is 31.0 Å². The van der Waals surface area contributed by atoms with Crippen molar-refractivity contribution in [1.29, 1.82) is 0 Å². The zero-order chi connectivity index (χ0) is 24.1. The molecule has 3 aromatic heterocycles. The maximum Gasteiger partial charge on any atom is 0.404 e. The van der Waals surface area contributed by atoms with Crippen LogP contribution < -0.4 is 21.7 Å². The van der Waals surface area contributed by atoms with Gasteiger partial charge in [-0.15, -0.1) is 0 Å². The number of nitrogens with two attached hydrogens (primary N) is 1. The molecule has 3 heterocycles. The number of rotatable bonds is 9. The second-order valence-corrected chi connectivity index (χ2v) is 7.50. The van der Waals surface area contributed by atoms with Crippen molar-refractivity contribution in [2.75, 3.05) is 10.6 Å². The number of primary amides is 1. The van der Waals surface area contributed by atoms with Gasteiger partial charge in [0.2, 0.25) is 0 Å². The van der Waals surface area contributed by atoms with Crippen molar-refractivity contribution in [2.45, 2.75) is 39.3 Å². The Morgan fingerprint density at radius 1 is 1.24 bits per heavy atom. The van der Waals surface area contributed by atoms with Gasteiger partial charge in [0.15, 0.2) is 11.6 Å². The first-order valence-electron chi connectivity index (χ1n) is 10.2. The van der Waals surface area contributed by atoms with Crippen molar-refractivity contribution in [3.05, 3.63) is 53.9 Å². The molecule has 0 bridgehead atoms. The zero-order valence-electron chi connectivity index (χ0n) is 18.3. The Labute approximate surface area is 189 Å². The summed E-state index contributed by atoms with van der Waals surface area (Å²) in [6.07, 6.45) is 5.94. The first kappa shape index (κ1) is 23.4. The van der Waals surface area contributed by atoms with Crippen molar-refractivity contribution in [3.8, 4) is 5.69 Å². The smallest absolute Gasteiger partial charge is 0.404 e. The highest BCUT2D eigenvalue weighted by atomic mass is 19.1.